The number of rotatable bonds is 3. The zero-order valence-electron chi connectivity index (χ0n) is 12.0. The Morgan fingerprint density at radius 2 is 2.15 bits per heavy atom. The van der Waals surface area contributed by atoms with Gasteiger partial charge in [0.1, 0.15) is 0 Å². The van der Waals surface area contributed by atoms with Gasteiger partial charge >= 0.3 is 0 Å². The molecular weight excluding hydrogens is 272 g/mol. The van der Waals surface area contributed by atoms with Gasteiger partial charge in [0.05, 0.1) is 0 Å². The Balaban J connectivity index is 1.73. The van der Waals surface area contributed by atoms with Gasteiger partial charge in [0.15, 0.2) is 0 Å². The lowest BCUT2D eigenvalue weighted by Gasteiger charge is -2.32. The predicted octanol–water partition coefficient (Wildman–Crippen LogP) is 2.41. The number of hydrogen-bond acceptors (Lipinski definition) is 5. The lowest BCUT2D eigenvalue weighted by molar-refractivity contribution is 0.338. The van der Waals surface area contributed by atoms with Gasteiger partial charge in [0.25, 0.3) is 5.56 Å². The van der Waals surface area contributed by atoms with Crippen LogP contribution in [0.25, 0.3) is 4.96 Å². The molecule has 5 nitrogen and oxygen atoms in total. The maximum Gasteiger partial charge on any atom is 0.275 e. The van der Waals surface area contributed by atoms with Gasteiger partial charge in [-0.25, -0.2) is 4.98 Å². The molecule has 0 spiro atoms. The summed E-state index contributed by atoms with van der Waals surface area (Å²) in [7, 11) is 0. The van der Waals surface area contributed by atoms with E-state index >= 15 is 0 Å². The van der Waals surface area contributed by atoms with Crippen LogP contribution in [0.4, 0.5) is 5.13 Å². The molecule has 3 rings (SSSR count). The summed E-state index contributed by atoms with van der Waals surface area (Å²) in [5.41, 5.74) is -0.104. The van der Waals surface area contributed by atoms with Crippen molar-refractivity contribution in [3.8, 4) is 0 Å². The molecule has 20 heavy (non-hydrogen) atoms. The van der Waals surface area contributed by atoms with E-state index in [2.05, 4.69) is 28.8 Å². The van der Waals surface area contributed by atoms with Crippen molar-refractivity contribution in [1.29, 1.82) is 0 Å². The average molecular weight is 292 g/mol. The first-order valence-electron chi connectivity index (χ1n) is 7.23. The van der Waals surface area contributed by atoms with Crippen LogP contribution in [-0.4, -0.2) is 27.7 Å². The first-order chi connectivity index (χ1) is 9.63. The number of fused-ring (bicyclic) bond motifs is 1. The summed E-state index contributed by atoms with van der Waals surface area (Å²) in [6.07, 6.45) is 5.30. The molecule has 1 saturated heterocycles. The second-order valence-corrected chi connectivity index (χ2v) is 6.86. The largest absolute Gasteiger partial charge is 0.347 e. The van der Waals surface area contributed by atoms with Crippen LogP contribution in [0.5, 0.6) is 0 Å². The highest BCUT2D eigenvalue weighted by Crippen LogP contribution is 2.29. The van der Waals surface area contributed by atoms with Crippen molar-refractivity contribution in [2.45, 2.75) is 33.1 Å². The molecular formula is C14H20N4OS. The Bertz CT molecular complexity index is 640. The van der Waals surface area contributed by atoms with E-state index in [0.29, 0.717) is 4.96 Å². The van der Waals surface area contributed by atoms with Gasteiger partial charge in [-0.3, -0.25) is 4.79 Å². The Kier molecular flexibility index (Phi) is 3.74. The summed E-state index contributed by atoms with van der Waals surface area (Å²) in [5, 5.41) is 5.33. The third-order valence-electron chi connectivity index (χ3n) is 3.85. The van der Waals surface area contributed by atoms with E-state index in [1.165, 1.54) is 41.2 Å². The summed E-state index contributed by atoms with van der Waals surface area (Å²) < 4.78 is 1.40. The van der Waals surface area contributed by atoms with E-state index in [0.717, 1.165) is 30.1 Å². The first kappa shape index (κ1) is 13.5. The molecule has 0 unspecified atom stereocenters. The van der Waals surface area contributed by atoms with Crippen LogP contribution in [0, 0.1) is 11.8 Å². The van der Waals surface area contributed by atoms with Gasteiger partial charge in [-0.1, -0.05) is 25.2 Å². The normalized spacial score (nSPS) is 17.2. The Morgan fingerprint density at radius 3 is 2.80 bits per heavy atom. The third kappa shape index (κ3) is 2.70. The second kappa shape index (κ2) is 5.52. The second-order valence-electron chi connectivity index (χ2n) is 5.92. The highest BCUT2D eigenvalue weighted by molar-refractivity contribution is 7.20. The van der Waals surface area contributed by atoms with Crippen molar-refractivity contribution < 1.29 is 0 Å². The molecule has 1 fully saturated rings. The third-order valence-corrected chi connectivity index (χ3v) is 4.83. The fourth-order valence-electron chi connectivity index (χ4n) is 2.89. The van der Waals surface area contributed by atoms with Crippen LogP contribution in [0.1, 0.15) is 33.1 Å². The van der Waals surface area contributed by atoms with Gasteiger partial charge in [-0.2, -0.15) is 4.52 Å². The molecule has 0 bridgehead atoms. The highest BCUT2D eigenvalue weighted by Gasteiger charge is 2.22. The van der Waals surface area contributed by atoms with Crippen molar-refractivity contribution in [2.24, 2.45) is 11.8 Å². The van der Waals surface area contributed by atoms with Gasteiger partial charge < -0.3 is 4.90 Å². The maximum atomic E-state index is 11.7. The lowest BCUT2D eigenvalue weighted by atomic mass is 9.89. The van der Waals surface area contributed by atoms with E-state index < -0.39 is 0 Å². The molecule has 3 heterocycles. The number of hydrogen-bond donors (Lipinski definition) is 0. The minimum Gasteiger partial charge on any atom is -0.347 e. The molecule has 0 saturated carbocycles. The van der Waals surface area contributed by atoms with Crippen LogP contribution >= 0.6 is 11.3 Å². The summed E-state index contributed by atoms with van der Waals surface area (Å²) in [6.45, 7) is 6.65. The molecule has 0 radical (unpaired) electrons. The fraction of sp³-hybridized carbons (Fsp3) is 0.643. The van der Waals surface area contributed by atoms with Gasteiger partial charge in [0, 0.05) is 25.4 Å². The van der Waals surface area contributed by atoms with Crippen LogP contribution in [0.3, 0.4) is 0 Å². The molecule has 1 aliphatic rings. The number of aromatic nitrogens is 3. The van der Waals surface area contributed by atoms with E-state index in [1.54, 1.807) is 6.20 Å². The number of piperidine rings is 1. The molecule has 0 amide bonds. The number of anilines is 1. The van der Waals surface area contributed by atoms with Crippen LogP contribution in [0.15, 0.2) is 17.1 Å². The topological polar surface area (TPSA) is 50.5 Å². The van der Waals surface area contributed by atoms with E-state index in [1.807, 2.05) is 0 Å². The average Bonchev–Trinajstić information content (AvgIpc) is 2.84. The smallest absolute Gasteiger partial charge is 0.275 e. The van der Waals surface area contributed by atoms with Crippen molar-refractivity contribution >= 4 is 21.4 Å². The Hall–Kier alpha value is -1.43. The van der Waals surface area contributed by atoms with E-state index in [9.17, 15) is 4.79 Å². The summed E-state index contributed by atoms with van der Waals surface area (Å²) in [5.74, 6) is 1.61. The standard InChI is InChI=1S/C14H20N4OS/c1-10(2)9-11-4-7-17(8-5-11)14-16-18-12(19)3-6-15-13(18)20-14/h3,6,10-11H,4-5,7-9H2,1-2H3. The molecule has 1 aliphatic heterocycles. The summed E-state index contributed by atoms with van der Waals surface area (Å²) in [6, 6.07) is 1.45. The lowest BCUT2D eigenvalue weighted by Crippen LogP contribution is -2.34. The quantitative estimate of drug-likeness (QED) is 0.871. The molecule has 2 aromatic heterocycles. The molecule has 108 valence electrons. The molecule has 6 heteroatoms. The molecule has 0 aliphatic carbocycles. The van der Waals surface area contributed by atoms with Crippen molar-refractivity contribution in [3.05, 3.63) is 22.6 Å². The minimum atomic E-state index is -0.104. The van der Waals surface area contributed by atoms with Gasteiger partial charge in [-0.05, 0) is 31.1 Å². The molecule has 0 atom stereocenters. The van der Waals surface area contributed by atoms with Gasteiger partial charge in [-0.15, -0.1) is 5.10 Å². The zero-order valence-corrected chi connectivity index (χ0v) is 12.8. The Morgan fingerprint density at radius 1 is 1.40 bits per heavy atom. The van der Waals surface area contributed by atoms with Crippen LogP contribution in [0.2, 0.25) is 0 Å². The van der Waals surface area contributed by atoms with Crippen LogP contribution in [-0.2, 0) is 0 Å². The Labute approximate surface area is 122 Å². The highest BCUT2D eigenvalue weighted by atomic mass is 32.1. The van der Waals surface area contributed by atoms with E-state index in [4.69, 9.17) is 0 Å². The SMILES string of the molecule is CC(C)CC1CCN(c2nn3c(=O)ccnc3s2)CC1. The monoisotopic (exact) mass is 292 g/mol. The molecule has 0 N–H and O–H groups in total. The van der Waals surface area contributed by atoms with Crippen molar-refractivity contribution in [3.63, 3.8) is 0 Å². The molecule has 2 aromatic rings. The first-order valence-corrected chi connectivity index (χ1v) is 8.05. The number of nitrogens with zero attached hydrogens (tertiary/aromatic N) is 4. The summed E-state index contributed by atoms with van der Waals surface area (Å²) >= 11 is 1.50. The van der Waals surface area contributed by atoms with E-state index in [-0.39, 0.29) is 5.56 Å². The van der Waals surface area contributed by atoms with Crippen molar-refractivity contribution in [1.82, 2.24) is 14.6 Å². The van der Waals surface area contributed by atoms with Crippen LogP contribution < -0.4 is 10.5 Å². The predicted molar refractivity (Wildman–Crippen MR) is 81.5 cm³/mol. The van der Waals surface area contributed by atoms with Gasteiger partial charge in [0.2, 0.25) is 10.1 Å². The molecule has 0 aromatic carbocycles. The summed E-state index contributed by atoms with van der Waals surface area (Å²) in [4.78, 5) is 18.9. The maximum absolute atomic E-state index is 11.7. The minimum absolute atomic E-state index is 0.104. The van der Waals surface area contributed by atoms with Crippen molar-refractivity contribution in [2.75, 3.05) is 18.0 Å². The zero-order chi connectivity index (χ0) is 14.1. The fourth-order valence-corrected chi connectivity index (χ4v) is 3.82.